The summed E-state index contributed by atoms with van der Waals surface area (Å²) in [5.74, 6) is -0.666. The van der Waals surface area contributed by atoms with Gasteiger partial charge in [0.25, 0.3) is 5.91 Å². The minimum Gasteiger partial charge on any atom is -0.366 e. The molecule has 0 saturated heterocycles. The Morgan fingerprint density at radius 3 is 2.91 bits per heavy atom. The monoisotopic (exact) mass is 373 g/mol. The van der Waals surface area contributed by atoms with Gasteiger partial charge in [-0.25, -0.2) is 13.4 Å². The molecule has 0 aromatic carbocycles. The van der Waals surface area contributed by atoms with Gasteiger partial charge in [-0.15, -0.1) is 11.3 Å². The van der Waals surface area contributed by atoms with Gasteiger partial charge >= 0.3 is 0 Å². The van der Waals surface area contributed by atoms with Gasteiger partial charge in [0.15, 0.2) is 0 Å². The standard InChI is InChI=1S/C13H12ClN3O4S2/c1-17-13(19,12(18)16-9-4-2-3-5-15-9)6-8-7-22-11(14)10(8)23(17,20)21/h2-5,7,19H,6H2,1H3,(H,15,16,18). The van der Waals surface area contributed by atoms with Gasteiger partial charge < -0.3 is 10.4 Å². The maximum Gasteiger partial charge on any atom is 0.274 e. The van der Waals surface area contributed by atoms with E-state index in [-0.39, 0.29) is 21.5 Å². The zero-order valence-electron chi connectivity index (χ0n) is 11.9. The Hall–Kier alpha value is -1.52. The Morgan fingerprint density at radius 2 is 2.26 bits per heavy atom. The Bertz CT molecular complexity index is 869. The average Bonchev–Trinajstić information content (AvgIpc) is 2.87. The summed E-state index contributed by atoms with van der Waals surface area (Å²) >= 11 is 6.98. The van der Waals surface area contributed by atoms with Crippen LogP contribution in [-0.2, 0) is 21.2 Å². The largest absolute Gasteiger partial charge is 0.366 e. The predicted molar refractivity (Wildman–Crippen MR) is 85.8 cm³/mol. The first-order chi connectivity index (χ1) is 10.8. The van der Waals surface area contributed by atoms with E-state index >= 15 is 0 Å². The number of nitrogens with one attached hydrogen (secondary N) is 1. The summed E-state index contributed by atoms with van der Waals surface area (Å²) in [5.41, 5.74) is -1.94. The zero-order valence-corrected chi connectivity index (χ0v) is 14.2. The van der Waals surface area contributed by atoms with Crippen molar-refractivity contribution in [3.8, 4) is 0 Å². The van der Waals surface area contributed by atoms with Crippen LogP contribution in [-0.4, -0.2) is 41.5 Å². The number of hydrogen-bond donors (Lipinski definition) is 2. The fraction of sp³-hybridized carbons (Fsp3) is 0.231. The molecule has 1 aliphatic rings. The molecule has 2 aromatic rings. The van der Waals surface area contributed by atoms with Crippen LogP contribution in [0.5, 0.6) is 0 Å². The fourth-order valence-electron chi connectivity index (χ4n) is 2.33. The molecule has 7 nitrogen and oxygen atoms in total. The Morgan fingerprint density at radius 1 is 1.52 bits per heavy atom. The SMILES string of the molecule is CN1C(O)(C(=O)Nc2ccccn2)Cc2csc(Cl)c2S1(=O)=O. The molecule has 2 N–H and O–H groups in total. The summed E-state index contributed by atoms with van der Waals surface area (Å²) in [7, 11) is -2.93. The third kappa shape index (κ3) is 2.54. The van der Waals surface area contributed by atoms with E-state index in [4.69, 9.17) is 11.6 Å². The maximum absolute atomic E-state index is 12.6. The van der Waals surface area contributed by atoms with Crippen LogP contribution in [0, 0.1) is 0 Å². The second-order valence-corrected chi connectivity index (χ2v) is 8.39. The second kappa shape index (κ2) is 5.53. The normalized spacial score (nSPS) is 23.3. The number of anilines is 1. The Balaban J connectivity index is 2.01. The number of hydrogen-bond acceptors (Lipinski definition) is 6. The average molecular weight is 374 g/mol. The number of amides is 1. The number of fused-ring (bicyclic) bond motifs is 1. The van der Waals surface area contributed by atoms with Crippen LogP contribution in [0.15, 0.2) is 34.7 Å². The lowest BCUT2D eigenvalue weighted by molar-refractivity contribution is -0.146. The highest BCUT2D eigenvalue weighted by molar-refractivity contribution is 7.89. The minimum absolute atomic E-state index is 0.0537. The third-order valence-electron chi connectivity index (χ3n) is 3.62. The van der Waals surface area contributed by atoms with Crippen LogP contribution >= 0.6 is 22.9 Å². The molecule has 0 aliphatic carbocycles. The number of pyridine rings is 1. The summed E-state index contributed by atoms with van der Waals surface area (Å²) in [6.45, 7) is 0. The fourth-order valence-corrected chi connectivity index (χ4v) is 5.59. The molecule has 3 heterocycles. The summed E-state index contributed by atoms with van der Waals surface area (Å²) in [5, 5.41) is 14.7. The van der Waals surface area contributed by atoms with E-state index in [0.717, 1.165) is 18.4 Å². The van der Waals surface area contributed by atoms with Crippen molar-refractivity contribution in [2.24, 2.45) is 0 Å². The molecular formula is C13H12ClN3O4S2. The van der Waals surface area contributed by atoms with Gasteiger partial charge in [0.2, 0.25) is 15.7 Å². The van der Waals surface area contributed by atoms with E-state index in [1.165, 1.54) is 17.6 Å². The molecule has 1 amide bonds. The van der Waals surface area contributed by atoms with Crippen LogP contribution in [0.4, 0.5) is 5.82 Å². The van der Waals surface area contributed by atoms with Crippen LogP contribution < -0.4 is 5.32 Å². The molecule has 1 atom stereocenters. The van der Waals surface area contributed by atoms with Crippen molar-refractivity contribution in [2.45, 2.75) is 17.0 Å². The Kier molecular flexibility index (Phi) is 3.93. The van der Waals surface area contributed by atoms with Crippen molar-refractivity contribution in [1.29, 1.82) is 0 Å². The number of aromatic nitrogens is 1. The van der Waals surface area contributed by atoms with Crippen LogP contribution in [0.2, 0.25) is 4.34 Å². The number of carbonyl (C=O) groups is 1. The number of nitrogens with zero attached hydrogens (tertiary/aromatic N) is 2. The lowest BCUT2D eigenvalue weighted by atomic mass is 10.0. The van der Waals surface area contributed by atoms with Crippen LogP contribution in [0.1, 0.15) is 5.56 Å². The number of halogens is 1. The van der Waals surface area contributed by atoms with E-state index in [1.54, 1.807) is 12.1 Å². The molecular weight excluding hydrogens is 362 g/mol. The van der Waals surface area contributed by atoms with Gasteiger partial charge in [0.05, 0.1) is 0 Å². The molecule has 10 heteroatoms. The highest BCUT2D eigenvalue weighted by Gasteiger charge is 2.52. The summed E-state index contributed by atoms with van der Waals surface area (Å²) in [4.78, 5) is 16.3. The zero-order chi connectivity index (χ0) is 16.8. The Labute approximate surface area is 141 Å². The van der Waals surface area contributed by atoms with E-state index in [2.05, 4.69) is 10.3 Å². The molecule has 1 unspecified atom stereocenters. The molecule has 3 rings (SSSR count). The maximum atomic E-state index is 12.6. The molecule has 1 aliphatic heterocycles. The van der Waals surface area contributed by atoms with Crippen molar-refractivity contribution in [1.82, 2.24) is 9.29 Å². The lowest BCUT2D eigenvalue weighted by Crippen LogP contribution is -2.61. The van der Waals surface area contributed by atoms with Gasteiger partial charge in [-0.05, 0) is 23.1 Å². The van der Waals surface area contributed by atoms with E-state index < -0.39 is 21.7 Å². The number of aliphatic hydroxyl groups is 1. The number of rotatable bonds is 2. The van der Waals surface area contributed by atoms with Gasteiger partial charge in [0.1, 0.15) is 15.0 Å². The first kappa shape index (κ1) is 16.3. The topological polar surface area (TPSA) is 99.6 Å². The van der Waals surface area contributed by atoms with Crippen molar-refractivity contribution in [2.75, 3.05) is 12.4 Å². The molecule has 122 valence electrons. The minimum atomic E-state index is -4.07. The first-order valence-corrected chi connectivity index (χ1v) is 9.16. The van der Waals surface area contributed by atoms with E-state index in [1.807, 2.05) is 0 Å². The van der Waals surface area contributed by atoms with Crippen molar-refractivity contribution in [3.05, 3.63) is 39.7 Å². The molecule has 23 heavy (non-hydrogen) atoms. The van der Waals surface area contributed by atoms with Gasteiger partial charge in [-0.1, -0.05) is 17.7 Å². The van der Waals surface area contributed by atoms with Crippen LogP contribution in [0.25, 0.3) is 0 Å². The molecule has 0 fully saturated rings. The molecule has 0 spiro atoms. The van der Waals surface area contributed by atoms with Crippen molar-refractivity contribution in [3.63, 3.8) is 0 Å². The highest BCUT2D eigenvalue weighted by Crippen LogP contribution is 2.41. The number of likely N-dealkylation sites (N-methyl/N-ethyl adjacent to an activating group) is 1. The smallest absolute Gasteiger partial charge is 0.274 e. The number of carbonyl (C=O) groups excluding carboxylic acids is 1. The highest BCUT2D eigenvalue weighted by atomic mass is 35.5. The molecule has 2 aromatic heterocycles. The third-order valence-corrected chi connectivity index (χ3v) is 7.14. The first-order valence-electron chi connectivity index (χ1n) is 6.46. The predicted octanol–water partition coefficient (Wildman–Crippen LogP) is 1.30. The van der Waals surface area contributed by atoms with Gasteiger partial charge in [0, 0.05) is 19.7 Å². The van der Waals surface area contributed by atoms with E-state index in [9.17, 15) is 18.3 Å². The van der Waals surface area contributed by atoms with Gasteiger partial charge in [-0.3, -0.25) is 4.79 Å². The molecule has 0 bridgehead atoms. The number of sulfonamides is 1. The molecule has 0 radical (unpaired) electrons. The second-order valence-electron chi connectivity index (χ2n) is 5.00. The lowest BCUT2D eigenvalue weighted by Gasteiger charge is -2.38. The summed E-state index contributed by atoms with van der Waals surface area (Å²) in [6.07, 6.45) is 1.28. The van der Waals surface area contributed by atoms with Gasteiger partial charge in [-0.2, -0.15) is 4.31 Å². The van der Waals surface area contributed by atoms with Crippen molar-refractivity contribution < 1.29 is 18.3 Å². The van der Waals surface area contributed by atoms with Crippen molar-refractivity contribution >= 4 is 44.7 Å². The summed E-state index contributed by atoms with van der Waals surface area (Å²) < 4.78 is 25.9. The van der Waals surface area contributed by atoms with E-state index in [0.29, 0.717) is 9.87 Å². The summed E-state index contributed by atoms with van der Waals surface area (Å²) in [6, 6.07) is 4.86. The number of thiophene rings is 1. The van der Waals surface area contributed by atoms with Crippen LogP contribution in [0.3, 0.4) is 0 Å². The molecule has 0 saturated carbocycles. The quantitative estimate of drug-likeness (QED) is 0.826.